The molecule has 0 fully saturated rings. The Balaban J connectivity index is 1.73. The van der Waals surface area contributed by atoms with Crippen LogP contribution in [-0.2, 0) is 0 Å². The molecule has 3 nitrogen and oxygen atoms in total. The van der Waals surface area contributed by atoms with Crippen molar-refractivity contribution < 1.29 is 0 Å². The molecule has 0 atom stereocenters. The van der Waals surface area contributed by atoms with Crippen LogP contribution in [0.3, 0.4) is 0 Å². The van der Waals surface area contributed by atoms with Gasteiger partial charge in [-0.1, -0.05) is 24.3 Å². The van der Waals surface area contributed by atoms with Crippen LogP contribution in [0.15, 0.2) is 78.9 Å². The molecule has 0 aliphatic heterocycles. The summed E-state index contributed by atoms with van der Waals surface area (Å²) in [7, 11) is 0. The first kappa shape index (κ1) is 16.8. The molecular formula is C26H13N3S. The third kappa shape index (κ3) is 2.29. The van der Waals surface area contributed by atoms with Crippen LogP contribution < -0.4 is 0 Å². The van der Waals surface area contributed by atoms with Crippen molar-refractivity contribution in [1.82, 2.24) is 4.57 Å². The molecule has 0 saturated carbocycles. The zero-order valence-electron chi connectivity index (χ0n) is 15.8. The topological polar surface area (TPSA) is 52.5 Å². The average molecular weight is 399 g/mol. The van der Waals surface area contributed by atoms with Gasteiger partial charge in [0, 0.05) is 36.6 Å². The number of fused-ring (bicyclic) bond motifs is 6. The van der Waals surface area contributed by atoms with Crippen molar-refractivity contribution in [2.24, 2.45) is 0 Å². The average Bonchev–Trinajstić information content (AvgIpc) is 3.33. The fourth-order valence-electron chi connectivity index (χ4n) is 4.29. The third-order valence-electron chi connectivity index (χ3n) is 5.64. The molecule has 0 amide bonds. The molecule has 2 heterocycles. The second-order valence-corrected chi connectivity index (χ2v) is 8.39. The van der Waals surface area contributed by atoms with E-state index in [2.05, 4.69) is 47.0 Å². The zero-order valence-corrected chi connectivity index (χ0v) is 16.6. The lowest BCUT2D eigenvalue weighted by Crippen LogP contribution is -1.93. The van der Waals surface area contributed by atoms with Gasteiger partial charge < -0.3 is 4.57 Å². The molecule has 0 spiro atoms. The Labute approximate surface area is 176 Å². The van der Waals surface area contributed by atoms with E-state index in [0.717, 1.165) is 32.9 Å². The number of rotatable bonds is 1. The van der Waals surface area contributed by atoms with Gasteiger partial charge in [0.05, 0.1) is 34.3 Å². The summed E-state index contributed by atoms with van der Waals surface area (Å²) in [5.74, 6) is 0. The quantitative estimate of drug-likeness (QED) is 0.302. The smallest absolute Gasteiger partial charge is 0.0992 e. The predicted molar refractivity (Wildman–Crippen MR) is 123 cm³/mol. The SMILES string of the molecule is N#Cc1ccc2sc3ccc(-n4c5ccccc5c5ccc(C#N)cc54)cc3c2c1. The first-order valence-electron chi connectivity index (χ1n) is 9.57. The highest BCUT2D eigenvalue weighted by Gasteiger charge is 2.14. The van der Waals surface area contributed by atoms with Gasteiger partial charge in [0.25, 0.3) is 0 Å². The van der Waals surface area contributed by atoms with Crippen LogP contribution in [0.2, 0.25) is 0 Å². The van der Waals surface area contributed by atoms with Crippen LogP contribution in [-0.4, -0.2) is 4.57 Å². The molecule has 0 radical (unpaired) electrons. The minimum Gasteiger partial charge on any atom is -0.309 e. The monoisotopic (exact) mass is 399 g/mol. The molecule has 0 bridgehead atoms. The predicted octanol–water partition coefficient (Wildman–Crippen LogP) is 6.89. The number of hydrogen-bond donors (Lipinski definition) is 0. The number of nitriles is 2. The Morgan fingerprint density at radius 3 is 2.10 bits per heavy atom. The van der Waals surface area contributed by atoms with Crippen LogP contribution in [0.25, 0.3) is 47.7 Å². The highest BCUT2D eigenvalue weighted by molar-refractivity contribution is 7.25. The number of thiophene rings is 1. The van der Waals surface area contributed by atoms with E-state index in [1.165, 1.54) is 14.8 Å². The number of aromatic nitrogens is 1. The lowest BCUT2D eigenvalue weighted by molar-refractivity contribution is 1.19. The van der Waals surface area contributed by atoms with E-state index in [1.54, 1.807) is 11.3 Å². The maximum absolute atomic E-state index is 9.43. The summed E-state index contributed by atoms with van der Waals surface area (Å²) in [4.78, 5) is 0. The molecule has 0 aliphatic carbocycles. The van der Waals surface area contributed by atoms with E-state index in [-0.39, 0.29) is 0 Å². The van der Waals surface area contributed by atoms with Crippen molar-refractivity contribution >= 4 is 53.3 Å². The van der Waals surface area contributed by atoms with Gasteiger partial charge in [0.2, 0.25) is 0 Å². The summed E-state index contributed by atoms with van der Waals surface area (Å²) in [6.45, 7) is 0. The van der Waals surface area contributed by atoms with E-state index in [4.69, 9.17) is 0 Å². The lowest BCUT2D eigenvalue weighted by Gasteiger charge is -2.08. The molecule has 4 aromatic carbocycles. The number of nitrogens with zero attached hydrogens (tertiary/aromatic N) is 3. The van der Waals surface area contributed by atoms with Crippen molar-refractivity contribution in [3.63, 3.8) is 0 Å². The summed E-state index contributed by atoms with van der Waals surface area (Å²) < 4.78 is 4.60. The molecule has 0 aliphatic rings. The molecule has 2 aromatic heterocycles. The minimum atomic E-state index is 0.646. The summed E-state index contributed by atoms with van der Waals surface area (Å²) in [5, 5.41) is 23.3. The van der Waals surface area contributed by atoms with E-state index in [9.17, 15) is 10.5 Å². The normalized spacial score (nSPS) is 11.3. The Bertz CT molecular complexity index is 1720. The minimum absolute atomic E-state index is 0.646. The van der Waals surface area contributed by atoms with Crippen molar-refractivity contribution in [3.05, 3.63) is 90.0 Å². The molecule has 4 heteroatoms. The van der Waals surface area contributed by atoms with Crippen LogP contribution in [0.1, 0.15) is 11.1 Å². The molecule has 0 N–H and O–H groups in total. The first-order valence-corrected chi connectivity index (χ1v) is 10.4. The van der Waals surface area contributed by atoms with Crippen molar-refractivity contribution in [3.8, 4) is 17.8 Å². The summed E-state index contributed by atoms with van der Waals surface area (Å²) in [5.41, 5.74) is 4.49. The molecule has 30 heavy (non-hydrogen) atoms. The van der Waals surface area contributed by atoms with Crippen LogP contribution in [0.4, 0.5) is 0 Å². The van der Waals surface area contributed by atoms with E-state index < -0.39 is 0 Å². The molecule has 138 valence electrons. The van der Waals surface area contributed by atoms with E-state index in [1.807, 2.05) is 48.5 Å². The van der Waals surface area contributed by atoms with Crippen LogP contribution in [0.5, 0.6) is 0 Å². The van der Waals surface area contributed by atoms with Crippen molar-refractivity contribution in [2.75, 3.05) is 0 Å². The summed E-state index contributed by atoms with van der Waals surface area (Å²) in [6, 6.07) is 31.0. The van der Waals surface area contributed by atoms with E-state index >= 15 is 0 Å². The van der Waals surface area contributed by atoms with Crippen LogP contribution >= 0.6 is 11.3 Å². The van der Waals surface area contributed by atoms with E-state index in [0.29, 0.717) is 11.1 Å². The number of hydrogen-bond acceptors (Lipinski definition) is 3. The highest BCUT2D eigenvalue weighted by Crippen LogP contribution is 2.38. The Morgan fingerprint density at radius 1 is 0.600 bits per heavy atom. The number of para-hydroxylation sites is 1. The van der Waals surface area contributed by atoms with Gasteiger partial charge in [-0.3, -0.25) is 0 Å². The van der Waals surface area contributed by atoms with Gasteiger partial charge in [0.15, 0.2) is 0 Å². The van der Waals surface area contributed by atoms with Gasteiger partial charge in [0.1, 0.15) is 0 Å². The summed E-state index contributed by atoms with van der Waals surface area (Å²) >= 11 is 1.74. The second-order valence-electron chi connectivity index (χ2n) is 7.30. The first-order chi connectivity index (χ1) is 14.8. The lowest BCUT2D eigenvalue weighted by atomic mass is 10.1. The fourth-order valence-corrected chi connectivity index (χ4v) is 5.36. The van der Waals surface area contributed by atoms with Gasteiger partial charge in [-0.15, -0.1) is 11.3 Å². The molecule has 0 unspecified atom stereocenters. The largest absolute Gasteiger partial charge is 0.309 e. The molecule has 6 aromatic rings. The van der Waals surface area contributed by atoms with Crippen LogP contribution in [0, 0.1) is 22.7 Å². The highest BCUT2D eigenvalue weighted by atomic mass is 32.1. The summed E-state index contributed by atoms with van der Waals surface area (Å²) in [6.07, 6.45) is 0. The third-order valence-corrected chi connectivity index (χ3v) is 6.79. The number of benzene rings is 4. The Morgan fingerprint density at radius 2 is 1.27 bits per heavy atom. The van der Waals surface area contributed by atoms with Gasteiger partial charge in [-0.25, -0.2) is 0 Å². The Hall–Kier alpha value is -4.12. The standard InChI is InChI=1S/C26H13N3S/c27-14-16-6-9-25-21(11-16)22-13-18(7-10-26(22)30-25)29-23-4-2-1-3-19(23)20-8-5-17(15-28)12-24(20)29/h1-13H. The van der Waals surface area contributed by atoms with Gasteiger partial charge in [-0.05, 0) is 54.6 Å². The molecule has 6 rings (SSSR count). The van der Waals surface area contributed by atoms with Gasteiger partial charge in [-0.2, -0.15) is 10.5 Å². The molecule has 0 saturated heterocycles. The molecular weight excluding hydrogens is 386 g/mol. The second kappa shape index (κ2) is 6.19. The van der Waals surface area contributed by atoms with Crippen molar-refractivity contribution in [1.29, 1.82) is 10.5 Å². The maximum atomic E-state index is 9.43. The Kier molecular flexibility index (Phi) is 3.47. The van der Waals surface area contributed by atoms with Gasteiger partial charge >= 0.3 is 0 Å². The van der Waals surface area contributed by atoms with Crippen molar-refractivity contribution in [2.45, 2.75) is 0 Å². The fraction of sp³-hybridized carbons (Fsp3) is 0. The zero-order chi connectivity index (χ0) is 20.2. The maximum Gasteiger partial charge on any atom is 0.0992 e.